The summed E-state index contributed by atoms with van der Waals surface area (Å²) in [6.45, 7) is 0.0728. The number of hydrogen-bond acceptors (Lipinski definition) is 5. The Morgan fingerprint density at radius 2 is 1.96 bits per heavy atom. The summed E-state index contributed by atoms with van der Waals surface area (Å²) in [5.41, 5.74) is -1.30. The maximum Gasteiger partial charge on any atom is 0.573 e. The largest absolute Gasteiger partial charge is 0.573 e. The van der Waals surface area contributed by atoms with E-state index in [0.717, 1.165) is 28.6 Å². The molecule has 2 aliphatic heterocycles. The lowest BCUT2D eigenvalue weighted by molar-refractivity contribution is -0.274. The van der Waals surface area contributed by atoms with E-state index in [1.54, 1.807) is 0 Å². The van der Waals surface area contributed by atoms with Gasteiger partial charge in [-0.3, -0.25) is 4.79 Å². The van der Waals surface area contributed by atoms with Crippen molar-refractivity contribution in [2.45, 2.75) is 17.7 Å². The minimum Gasteiger partial charge on any atom is -0.481 e. The molecule has 1 aromatic carbocycles. The van der Waals surface area contributed by atoms with Crippen molar-refractivity contribution in [2.24, 2.45) is 11.3 Å². The maximum atomic E-state index is 12.8. The normalized spacial score (nSPS) is 27.1. The molecule has 2 heterocycles. The summed E-state index contributed by atoms with van der Waals surface area (Å²) >= 11 is 0. The highest BCUT2D eigenvalue weighted by Gasteiger charge is 2.56. The van der Waals surface area contributed by atoms with Gasteiger partial charge in [-0.05, 0) is 36.6 Å². The monoisotopic (exact) mass is 395 g/mol. The summed E-state index contributed by atoms with van der Waals surface area (Å²) in [4.78, 5) is 11.5. The zero-order chi connectivity index (χ0) is 19.2. The first-order valence-electron chi connectivity index (χ1n) is 7.72. The number of nitrogens with zero attached hydrogens (tertiary/aromatic N) is 1. The first-order chi connectivity index (χ1) is 12.0. The number of sulfonamides is 1. The van der Waals surface area contributed by atoms with Crippen LogP contribution in [0.5, 0.6) is 5.75 Å². The van der Waals surface area contributed by atoms with Crippen LogP contribution in [0, 0.1) is 11.3 Å². The zero-order valence-corrected chi connectivity index (χ0v) is 14.2. The van der Waals surface area contributed by atoms with Gasteiger partial charge in [0.05, 0.1) is 11.5 Å². The van der Waals surface area contributed by atoms with Gasteiger partial charge in [-0.25, -0.2) is 8.42 Å². The van der Waals surface area contributed by atoms with E-state index in [-0.39, 0.29) is 30.5 Å². The Morgan fingerprint density at radius 1 is 1.31 bits per heavy atom. The van der Waals surface area contributed by atoms with Crippen LogP contribution >= 0.6 is 0 Å². The predicted octanol–water partition coefficient (Wildman–Crippen LogP) is 1.70. The fourth-order valence-corrected chi connectivity index (χ4v) is 4.94. The van der Waals surface area contributed by atoms with Crippen LogP contribution in [0.15, 0.2) is 29.2 Å². The number of carboxylic acid groups (broad SMARTS) is 1. The van der Waals surface area contributed by atoms with Crippen LogP contribution in [-0.2, 0) is 19.6 Å². The SMILES string of the molecule is O=C(O)[C@]12COCC[C@H]1CN(S(=O)(=O)c1ccc(OC(F)(F)F)cc1)C2. The third-order valence-corrected chi connectivity index (χ3v) is 6.58. The van der Waals surface area contributed by atoms with Crippen LogP contribution in [0.3, 0.4) is 0 Å². The average Bonchev–Trinajstić information content (AvgIpc) is 2.95. The van der Waals surface area contributed by atoms with Gasteiger partial charge in [-0.1, -0.05) is 0 Å². The number of fused-ring (bicyclic) bond motifs is 1. The van der Waals surface area contributed by atoms with Crippen LogP contribution < -0.4 is 4.74 Å². The van der Waals surface area contributed by atoms with Crippen molar-refractivity contribution in [1.29, 1.82) is 0 Å². The summed E-state index contributed by atoms with van der Waals surface area (Å²) in [5.74, 6) is -2.04. The highest BCUT2D eigenvalue weighted by Crippen LogP contribution is 2.43. The lowest BCUT2D eigenvalue weighted by Gasteiger charge is -2.34. The van der Waals surface area contributed by atoms with Gasteiger partial charge in [-0.2, -0.15) is 4.31 Å². The second kappa shape index (κ2) is 6.39. The van der Waals surface area contributed by atoms with Crippen LogP contribution in [0.1, 0.15) is 6.42 Å². The fourth-order valence-electron chi connectivity index (χ4n) is 3.39. The number of rotatable bonds is 4. The molecule has 2 aliphatic rings. The molecule has 0 bridgehead atoms. The fraction of sp³-hybridized carbons (Fsp3) is 0.533. The topological polar surface area (TPSA) is 93.1 Å². The number of hydrogen-bond donors (Lipinski definition) is 1. The molecule has 0 aliphatic carbocycles. The molecular formula is C15H16F3NO6S. The van der Waals surface area contributed by atoms with Gasteiger partial charge in [0.25, 0.3) is 0 Å². The number of ether oxygens (including phenoxy) is 2. The first kappa shape index (κ1) is 18.9. The lowest BCUT2D eigenvalue weighted by Crippen LogP contribution is -2.46. The summed E-state index contributed by atoms with van der Waals surface area (Å²) in [5, 5.41) is 9.57. The smallest absolute Gasteiger partial charge is 0.481 e. The van der Waals surface area contributed by atoms with E-state index in [4.69, 9.17) is 4.74 Å². The Kier molecular flexibility index (Phi) is 4.65. The minimum absolute atomic E-state index is 0.0266. The van der Waals surface area contributed by atoms with Crippen LogP contribution in [-0.4, -0.2) is 56.5 Å². The summed E-state index contributed by atoms with van der Waals surface area (Å²) in [6, 6.07) is 3.81. The number of aliphatic carboxylic acids is 1. The number of carbonyl (C=O) groups is 1. The Bertz CT molecular complexity index is 795. The van der Waals surface area contributed by atoms with Crippen molar-refractivity contribution >= 4 is 16.0 Å². The van der Waals surface area contributed by atoms with Gasteiger partial charge in [0.1, 0.15) is 11.2 Å². The van der Waals surface area contributed by atoms with Crippen molar-refractivity contribution < 1.29 is 41.0 Å². The number of halogens is 3. The van der Waals surface area contributed by atoms with Gasteiger partial charge in [0.2, 0.25) is 10.0 Å². The Balaban J connectivity index is 1.84. The Labute approximate surface area is 147 Å². The van der Waals surface area contributed by atoms with E-state index in [9.17, 15) is 31.5 Å². The van der Waals surface area contributed by atoms with Gasteiger partial charge < -0.3 is 14.6 Å². The van der Waals surface area contributed by atoms with Crippen LogP contribution in [0.2, 0.25) is 0 Å². The third-order valence-electron chi connectivity index (χ3n) is 4.76. The Morgan fingerprint density at radius 3 is 2.50 bits per heavy atom. The van der Waals surface area contributed by atoms with E-state index in [1.807, 2.05) is 0 Å². The summed E-state index contributed by atoms with van der Waals surface area (Å²) in [7, 11) is -4.05. The molecule has 0 saturated carbocycles. The molecule has 26 heavy (non-hydrogen) atoms. The number of benzene rings is 1. The predicted molar refractivity (Wildman–Crippen MR) is 80.9 cm³/mol. The molecule has 2 atom stereocenters. The van der Waals surface area contributed by atoms with E-state index >= 15 is 0 Å². The van der Waals surface area contributed by atoms with E-state index in [2.05, 4.69) is 4.74 Å². The molecular weight excluding hydrogens is 379 g/mol. The molecule has 2 saturated heterocycles. The second-order valence-electron chi connectivity index (χ2n) is 6.32. The molecule has 0 aromatic heterocycles. The van der Waals surface area contributed by atoms with Crippen molar-refractivity contribution in [3.8, 4) is 5.75 Å². The average molecular weight is 395 g/mol. The molecule has 11 heteroatoms. The van der Waals surface area contributed by atoms with Crippen LogP contribution in [0.4, 0.5) is 13.2 Å². The van der Waals surface area contributed by atoms with Gasteiger partial charge in [0, 0.05) is 19.7 Å². The Hall–Kier alpha value is -1.85. The van der Waals surface area contributed by atoms with Crippen molar-refractivity contribution in [2.75, 3.05) is 26.3 Å². The number of alkyl halides is 3. The lowest BCUT2D eigenvalue weighted by atomic mass is 9.76. The van der Waals surface area contributed by atoms with E-state index in [1.165, 1.54) is 0 Å². The molecule has 3 rings (SSSR count). The molecule has 1 N–H and O–H groups in total. The second-order valence-corrected chi connectivity index (χ2v) is 8.25. The summed E-state index contributed by atoms with van der Waals surface area (Å²) in [6.07, 6.45) is -4.45. The van der Waals surface area contributed by atoms with Gasteiger partial charge in [0.15, 0.2) is 0 Å². The third kappa shape index (κ3) is 3.38. The minimum atomic E-state index is -4.88. The molecule has 0 amide bonds. The highest BCUT2D eigenvalue weighted by molar-refractivity contribution is 7.89. The quantitative estimate of drug-likeness (QED) is 0.834. The molecule has 0 radical (unpaired) electrons. The molecule has 144 valence electrons. The standard InChI is InChI=1S/C15H16F3NO6S/c16-15(17,18)25-11-1-3-12(4-2-11)26(22,23)19-7-10-5-6-24-9-14(10,8-19)13(20)21/h1-4,10H,5-9H2,(H,20,21)/t10-,14+/m0/s1. The van der Waals surface area contributed by atoms with Gasteiger partial charge >= 0.3 is 12.3 Å². The molecule has 0 spiro atoms. The van der Waals surface area contributed by atoms with Crippen molar-refractivity contribution in [1.82, 2.24) is 4.31 Å². The molecule has 7 nitrogen and oxygen atoms in total. The highest BCUT2D eigenvalue weighted by atomic mass is 32.2. The van der Waals surface area contributed by atoms with E-state index < -0.39 is 33.5 Å². The molecule has 2 fully saturated rings. The first-order valence-corrected chi connectivity index (χ1v) is 9.16. The van der Waals surface area contributed by atoms with Crippen molar-refractivity contribution in [3.05, 3.63) is 24.3 Å². The van der Waals surface area contributed by atoms with E-state index in [0.29, 0.717) is 13.0 Å². The zero-order valence-electron chi connectivity index (χ0n) is 13.4. The van der Waals surface area contributed by atoms with Gasteiger partial charge in [-0.15, -0.1) is 13.2 Å². The van der Waals surface area contributed by atoms with Crippen molar-refractivity contribution in [3.63, 3.8) is 0 Å². The maximum absolute atomic E-state index is 12.8. The molecule has 0 unspecified atom stereocenters. The summed E-state index contributed by atoms with van der Waals surface area (Å²) < 4.78 is 72.1. The number of carboxylic acids is 1. The molecule has 1 aromatic rings. The van der Waals surface area contributed by atoms with Crippen LogP contribution in [0.25, 0.3) is 0 Å².